The van der Waals surface area contributed by atoms with Gasteiger partial charge in [0.1, 0.15) is 12.1 Å². The maximum Gasteiger partial charge on any atom is 0.328 e. The van der Waals surface area contributed by atoms with Crippen LogP contribution < -0.4 is 22.1 Å². The number of carboxylic acid groups (broad SMARTS) is 1. The van der Waals surface area contributed by atoms with E-state index in [-0.39, 0.29) is 6.42 Å². The first-order valence-corrected chi connectivity index (χ1v) is 7.77. The molecule has 0 spiro atoms. The number of carbonyl (C=O) groups excluding carboxylic acids is 2. The topological polar surface area (TPSA) is 188 Å². The van der Waals surface area contributed by atoms with Crippen molar-refractivity contribution in [3.05, 3.63) is 0 Å². The maximum absolute atomic E-state index is 12.2. The molecule has 24 heavy (non-hydrogen) atoms. The van der Waals surface area contributed by atoms with Crippen LogP contribution in [0.25, 0.3) is 0 Å². The molecule has 10 nitrogen and oxygen atoms in total. The van der Waals surface area contributed by atoms with Gasteiger partial charge in [-0.1, -0.05) is 0 Å². The van der Waals surface area contributed by atoms with Gasteiger partial charge in [0.2, 0.25) is 11.8 Å². The van der Waals surface area contributed by atoms with E-state index in [1.165, 1.54) is 13.8 Å². The molecule has 9 N–H and O–H groups in total. The van der Waals surface area contributed by atoms with Crippen LogP contribution in [0.4, 0.5) is 0 Å². The zero-order valence-electron chi connectivity index (χ0n) is 13.9. The van der Waals surface area contributed by atoms with Crippen LogP contribution >= 0.6 is 0 Å². The van der Waals surface area contributed by atoms with Gasteiger partial charge in [-0.05, 0) is 39.7 Å². The average Bonchev–Trinajstić information content (AvgIpc) is 2.49. The van der Waals surface area contributed by atoms with Crippen LogP contribution in [-0.4, -0.2) is 70.0 Å². The van der Waals surface area contributed by atoms with Crippen LogP contribution in [0.3, 0.4) is 0 Å². The number of amides is 2. The normalized spacial score (nSPS) is 17.2. The molecule has 0 aliphatic carbocycles. The lowest BCUT2D eigenvalue weighted by Crippen LogP contribution is -2.57. The van der Waals surface area contributed by atoms with Crippen LogP contribution in [-0.2, 0) is 14.4 Å². The minimum absolute atomic E-state index is 0.216. The zero-order chi connectivity index (χ0) is 18.9. The first-order valence-electron chi connectivity index (χ1n) is 7.77. The number of nitrogens with one attached hydrogen (secondary N) is 2. The molecular formula is C14H28N4O6. The predicted octanol–water partition coefficient (Wildman–Crippen LogP) is -2.74. The highest BCUT2D eigenvalue weighted by Gasteiger charge is 2.30. The fraction of sp³-hybridized carbons (Fsp3) is 0.786. The fourth-order valence-electron chi connectivity index (χ4n) is 1.89. The Hall–Kier alpha value is -1.75. The molecule has 0 saturated heterocycles. The SMILES string of the molecule is C[C@@H](O)[C@H](N)C(=O)N[C@@H](CCCCN)C(=O)N[C@H](C(=O)O)[C@@H](C)O. The molecule has 5 atom stereocenters. The van der Waals surface area contributed by atoms with Crippen molar-refractivity contribution in [1.29, 1.82) is 0 Å². The lowest BCUT2D eigenvalue weighted by Gasteiger charge is -2.24. The van der Waals surface area contributed by atoms with E-state index in [9.17, 15) is 24.6 Å². The number of unbranched alkanes of at least 4 members (excludes halogenated alkanes) is 1. The standard InChI is InChI=1S/C14H28N4O6/c1-7(19)10(16)13(22)17-9(5-3-4-6-15)12(21)18-11(8(2)20)14(23)24/h7-11,19-20H,3-6,15-16H2,1-2H3,(H,17,22)(H,18,21)(H,23,24)/t7-,8-,9+,10+,11+/m1/s1. The summed E-state index contributed by atoms with van der Waals surface area (Å²) in [5, 5.41) is 32.3. The smallest absolute Gasteiger partial charge is 0.328 e. The highest BCUT2D eigenvalue weighted by molar-refractivity contribution is 5.92. The molecule has 0 heterocycles. The number of carboxylic acids is 1. The number of aliphatic carboxylic acids is 1. The fourth-order valence-corrected chi connectivity index (χ4v) is 1.89. The molecule has 0 unspecified atom stereocenters. The third-order valence-corrected chi connectivity index (χ3v) is 3.45. The summed E-state index contributed by atoms with van der Waals surface area (Å²) < 4.78 is 0. The van der Waals surface area contributed by atoms with Gasteiger partial charge in [-0.3, -0.25) is 9.59 Å². The zero-order valence-corrected chi connectivity index (χ0v) is 13.9. The Labute approximate surface area is 140 Å². The van der Waals surface area contributed by atoms with Crippen molar-refractivity contribution in [2.75, 3.05) is 6.54 Å². The Morgan fingerprint density at radius 3 is 2.00 bits per heavy atom. The molecule has 0 aliphatic heterocycles. The Kier molecular flexibility index (Phi) is 10.1. The van der Waals surface area contributed by atoms with Crippen LogP contribution in [0.5, 0.6) is 0 Å². The van der Waals surface area contributed by atoms with Crippen LogP contribution in [0.1, 0.15) is 33.1 Å². The van der Waals surface area contributed by atoms with Gasteiger partial charge < -0.3 is 37.4 Å². The van der Waals surface area contributed by atoms with Gasteiger partial charge in [0.25, 0.3) is 0 Å². The molecule has 0 aliphatic rings. The highest BCUT2D eigenvalue weighted by atomic mass is 16.4. The minimum atomic E-state index is -1.50. The third-order valence-electron chi connectivity index (χ3n) is 3.45. The second-order valence-corrected chi connectivity index (χ2v) is 5.68. The first-order chi connectivity index (χ1) is 11.1. The van der Waals surface area contributed by atoms with Crippen molar-refractivity contribution in [2.24, 2.45) is 11.5 Å². The van der Waals surface area contributed by atoms with Gasteiger partial charge in [0, 0.05) is 0 Å². The second-order valence-electron chi connectivity index (χ2n) is 5.68. The molecule has 0 rings (SSSR count). The Balaban J connectivity index is 5.00. The first kappa shape index (κ1) is 22.2. The van der Waals surface area contributed by atoms with Crippen molar-refractivity contribution < 1.29 is 29.7 Å². The van der Waals surface area contributed by atoms with Crippen molar-refractivity contribution >= 4 is 17.8 Å². The summed E-state index contributed by atoms with van der Waals surface area (Å²) >= 11 is 0. The van der Waals surface area contributed by atoms with Crippen molar-refractivity contribution in [2.45, 2.75) is 63.4 Å². The summed E-state index contributed by atoms with van der Waals surface area (Å²) in [5.74, 6) is -2.89. The summed E-state index contributed by atoms with van der Waals surface area (Å²) in [4.78, 5) is 35.2. The largest absolute Gasteiger partial charge is 0.480 e. The highest BCUT2D eigenvalue weighted by Crippen LogP contribution is 2.04. The summed E-state index contributed by atoms with van der Waals surface area (Å²) in [7, 11) is 0. The number of hydrogen-bond donors (Lipinski definition) is 7. The van der Waals surface area contributed by atoms with Gasteiger partial charge >= 0.3 is 5.97 Å². The van der Waals surface area contributed by atoms with Gasteiger partial charge in [-0.15, -0.1) is 0 Å². The lowest BCUT2D eigenvalue weighted by molar-refractivity contribution is -0.145. The summed E-state index contributed by atoms with van der Waals surface area (Å²) in [6.07, 6.45) is -1.08. The Morgan fingerprint density at radius 1 is 1.00 bits per heavy atom. The van der Waals surface area contributed by atoms with E-state index < -0.39 is 48.1 Å². The van der Waals surface area contributed by atoms with Gasteiger partial charge in [0.05, 0.1) is 12.2 Å². The van der Waals surface area contributed by atoms with E-state index in [2.05, 4.69) is 10.6 Å². The number of carbonyl (C=O) groups is 3. The summed E-state index contributed by atoms with van der Waals surface area (Å²) in [5.41, 5.74) is 10.9. The molecule has 2 amide bonds. The average molecular weight is 348 g/mol. The maximum atomic E-state index is 12.2. The second kappa shape index (κ2) is 10.9. The van der Waals surface area contributed by atoms with E-state index in [1.54, 1.807) is 0 Å². The van der Waals surface area contributed by atoms with E-state index in [0.29, 0.717) is 19.4 Å². The molecular weight excluding hydrogens is 320 g/mol. The number of nitrogens with two attached hydrogens (primary N) is 2. The van der Waals surface area contributed by atoms with Crippen molar-refractivity contribution in [1.82, 2.24) is 10.6 Å². The number of rotatable bonds is 11. The monoisotopic (exact) mass is 348 g/mol. The van der Waals surface area contributed by atoms with Gasteiger partial charge in [-0.25, -0.2) is 4.79 Å². The quantitative estimate of drug-likeness (QED) is 0.196. The molecule has 140 valence electrons. The molecule has 0 bridgehead atoms. The Bertz CT molecular complexity index is 429. The van der Waals surface area contributed by atoms with Gasteiger partial charge in [-0.2, -0.15) is 0 Å². The summed E-state index contributed by atoms with van der Waals surface area (Å²) in [6, 6.07) is -3.77. The molecule has 10 heteroatoms. The number of aliphatic hydroxyl groups excluding tert-OH is 2. The van der Waals surface area contributed by atoms with E-state index in [0.717, 1.165) is 0 Å². The number of aliphatic hydroxyl groups is 2. The van der Waals surface area contributed by atoms with E-state index in [1.807, 2.05) is 0 Å². The predicted molar refractivity (Wildman–Crippen MR) is 85.7 cm³/mol. The molecule has 0 aromatic carbocycles. The molecule has 0 radical (unpaired) electrons. The Morgan fingerprint density at radius 2 is 1.58 bits per heavy atom. The van der Waals surface area contributed by atoms with Gasteiger partial charge in [0.15, 0.2) is 6.04 Å². The van der Waals surface area contributed by atoms with E-state index in [4.69, 9.17) is 16.6 Å². The van der Waals surface area contributed by atoms with E-state index >= 15 is 0 Å². The molecule has 0 aromatic rings. The van der Waals surface area contributed by atoms with Crippen LogP contribution in [0.2, 0.25) is 0 Å². The molecule has 0 fully saturated rings. The van der Waals surface area contributed by atoms with Crippen molar-refractivity contribution in [3.8, 4) is 0 Å². The summed E-state index contributed by atoms with van der Waals surface area (Å²) in [6.45, 7) is 2.97. The third kappa shape index (κ3) is 7.68. The molecule has 0 saturated carbocycles. The van der Waals surface area contributed by atoms with Crippen LogP contribution in [0, 0.1) is 0 Å². The molecule has 0 aromatic heterocycles. The van der Waals surface area contributed by atoms with Crippen molar-refractivity contribution in [3.63, 3.8) is 0 Å². The lowest BCUT2D eigenvalue weighted by atomic mass is 10.1. The van der Waals surface area contributed by atoms with Crippen LogP contribution in [0.15, 0.2) is 0 Å². The minimum Gasteiger partial charge on any atom is -0.480 e. The number of hydrogen-bond acceptors (Lipinski definition) is 7.